The maximum Gasteiger partial charge on any atom is 0.335 e. The third kappa shape index (κ3) is 5.11. The van der Waals surface area contributed by atoms with Crippen LogP contribution in [0.3, 0.4) is 0 Å². The van der Waals surface area contributed by atoms with E-state index in [9.17, 15) is 9.90 Å². The van der Waals surface area contributed by atoms with Crippen LogP contribution in [0.15, 0.2) is 47.4 Å². The Kier molecular flexibility index (Phi) is 6.55. The van der Waals surface area contributed by atoms with E-state index in [1.807, 2.05) is 36.4 Å². The molecule has 0 radical (unpaired) electrons. The van der Waals surface area contributed by atoms with Gasteiger partial charge in [0.25, 0.3) is 0 Å². The highest BCUT2D eigenvalue weighted by atomic mass is 35.5. The molecule has 0 fully saturated rings. The van der Waals surface area contributed by atoms with Crippen LogP contribution in [-0.4, -0.2) is 22.6 Å². The van der Waals surface area contributed by atoms with Crippen molar-refractivity contribution in [3.05, 3.63) is 69.2 Å². The van der Waals surface area contributed by atoms with Gasteiger partial charge in [-0.15, -0.1) is 11.3 Å². The summed E-state index contributed by atoms with van der Waals surface area (Å²) < 4.78 is 3.29. The Hall–Kier alpha value is -1.86. The minimum Gasteiger partial charge on any atom is -0.478 e. The number of thiazole rings is 1. The lowest BCUT2D eigenvalue weighted by Gasteiger charge is -2.06. The van der Waals surface area contributed by atoms with Crippen molar-refractivity contribution in [1.82, 2.24) is 9.71 Å². The minimum atomic E-state index is -0.900. The summed E-state index contributed by atoms with van der Waals surface area (Å²) in [5.41, 5.74) is 3.25. The van der Waals surface area contributed by atoms with Crippen molar-refractivity contribution in [2.24, 2.45) is 0 Å². The van der Waals surface area contributed by atoms with E-state index in [4.69, 9.17) is 16.6 Å². The van der Waals surface area contributed by atoms with Crippen molar-refractivity contribution in [2.75, 3.05) is 6.54 Å². The van der Waals surface area contributed by atoms with Gasteiger partial charge in [0.05, 0.1) is 11.3 Å². The summed E-state index contributed by atoms with van der Waals surface area (Å²) in [6.45, 7) is 4.62. The third-order valence-electron chi connectivity index (χ3n) is 4.08. The molecule has 0 unspecified atom stereocenters. The van der Waals surface area contributed by atoms with Crippen LogP contribution in [0.25, 0.3) is 10.6 Å². The van der Waals surface area contributed by atoms with Gasteiger partial charge in [-0.1, -0.05) is 29.8 Å². The Labute approximate surface area is 171 Å². The Balaban J connectivity index is 1.57. The quantitative estimate of drug-likeness (QED) is 0.385. The van der Waals surface area contributed by atoms with Gasteiger partial charge in [-0.3, -0.25) is 4.72 Å². The number of rotatable bonds is 7. The summed E-state index contributed by atoms with van der Waals surface area (Å²) in [7, 11) is 0. The summed E-state index contributed by atoms with van der Waals surface area (Å²) in [4.78, 5) is 18.1. The molecule has 0 aliphatic rings. The first-order valence-corrected chi connectivity index (χ1v) is 10.4. The third-order valence-corrected chi connectivity index (χ3v) is 6.23. The normalized spacial score (nSPS) is 10.9. The average molecular weight is 419 g/mol. The molecule has 140 valence electrons. The number of hydrogen-bond donors (Lipinski definition) is 2. The van der Waals surface area contributed by atoms with Crippen LogP contribution in [0.5, 0.6) is 0 Å². The van der Waals surface area contributed by atoms with Crippen molar-refractivity contribution in [3.63, 3.8) is 0 Å². The van der Waals surface area contributed by atoms with E-state index in [0.717, 1.165) is 44.7 Å². The van der Waals surface area contributed by atoms with Gasteiger partial charge in [0.15, 0.2) is 0 Å². The first kappa shape index (κ1) is 19.9. The lowest BCUT2D eigenvalue weighted by Crippen LogP contribution is -2.09. The highest BCUT2D eigenvalue weighted by molar-refractivity contribution is 7.97. The largest absolute Gasteiger partial charge is 0.478 e. The number of hydrogen-bond acceptors (Lipinski definition) is 5. The van der Waals surface area contributed by atoms with E-state index in [2.05, 4.69) is 11.6 Å². The van der Waals surface area contributed by atoms with Gasteiger partial charge in [-0.2, -0.15) is 0 Å². The summed E-state index contributed by atoms with van der Waals surface area (Å²) in [6.07, 6.45) is 0.806. The first-order chi connectivity index (χ1) is 12.9. The fraction of sp³-hybridized carbons (Fsp3) is 0.200. The number of aryl methyl sites for hydroxylation is 2. The number of benzene rings is 2. The smallest absolute Gasteiger partial charge is 0.335 e. The SMILES string of the molecule is Cc1ccc(SNCCc2nc(-c3ccc(Cl)cc3)sc2C)cc1C(=O)O. The standard InChI is InChI=1S/C20H19ClN2O2S2/c1-12-3-8-16(11-17(12)20(24)25)27-22-10-9-18-13(2)26-19(23-18)14-4-6-15(21)7-5-14/h3-8,11,22H,9-10H2,1-2H3,(H,24,25). The lowest BCUT2D eigenvalue weighted by molar-refractivity contribution is 0.0696. The Morgan fingerprint density at radius 3 is 2.67 bits per heavy atom. The van der Waals surface area contributed by atoms with Gasteiger partial charge in [-0.25, -0.2) is 9.78 Å². The van der Waals surface area contributed by atoms with E-state index >= 15 is 0 Å². The predicted molar refractivity (Wildman–Crippen MR) is 113 cm³/mol. The molecule has 0 aliphatic heterocycles. The van der Waals surface area contributed by atoms with Crippen LogP contribution < -0.4 is 4.72 Å². The van der Waals surface area contributed by atoms with Crippen LogP contribution >= 0.6 is 34.9 Å². The molecule has 1 heterocycles. The molecule has 1 aromatic heterocycles. The monoisotopic (exact) mass is 418 g/mol. The molecule has 2 aromatic carbocycles. The Bertz CT molecular complexity index is 955. The number of nitrogens with zero attached hydrogens (tertiary/aromatic N) is 1. The van der Waals surface area contributed by atoms with Gasteiger partial charge >= 0.3 is 5.97 Å². The lowest BCUT2D eigenvalue weighted by atomic mass is 10.1. The van der Waals surface area contributed by atoms with E-state index in [1.54, 1.807) is 24.3 Å². The van der Waals surface area contributed by atoms with E-state index in [1.165, 1.54) is 16.8 Å². The van der Waals surface area contributed by atoms with Gasteiger partial charge in [0.1, 0.15) is 5.01 Å². The zero-order valence-corrected chi connectivity index (χ0v) is 17.3. The van der Waals surface area contributed by atoms with Gasteiger partial charge in [0, 0.05) is 33.3 Å². The molecule has 4 nitrogen and oxygen atoms in total. The Morgan fingerprint density at radius 2 is 1.96 bits per heavy atom. The maximum absolute atomic E-state index is 11.2. The zero-order chi connectivity index (χ0) is 19.4. The van der Waals surface area contributed by atoms with Crippen molar-refractivity contribution < 1.29 is 9.90 Å². The summed E-state index contributed by atoms with van der Waals surface area (Å²) in [6, 6.07) is 13.2. The molecule has 0 atom stereocenters. The van der Waals surface area contributed by atoms with Crippen molar-refractivity contribution in [1.29, 1.82) is 0 Å². The number of aromatic carboxylic acids is 1. The molecule has 0 amide bonds. The van der Waals surface area contributed by atoms with Gasteiger partial charge in [0.2, 0.25) is 0 Å². The molecule has 3 aromatic rings. The summed E-state index contributed by atoms with van der Waals surface area (Å²) in [5.74, 6) is -0.900. The first-order valence-electron chi connectivity index (χ1n) is 8.40. The minimum absolute atomic E-state index is 0.338. The molecule has 0 aliphatic carbocycles. The highest BCUT2D eigenvalue weighted by Gasteiger charge is 2.10. The molecule has 0 spiro atoms. The number of nitrogens with one attached hydrogen (secondary N) is 1. The molecule has 27 heavy (non-hydrogen) atoms. The molecule has 2 N–H and O–H groups in total. The topological polar surface area (TPSA) is 62.2 Å². The molecular formula is C20H19ClN2O2S2. The van der Waals surface area contributed by atoms with Crippen LogP contribution in [-0.2, 0) is 6.42 Å². The van der Waals surface area contributed by atoms with E-state index in [0.29, 0.717) is 5.56 Å². The van der Waals surface area contributed by atoms with Crippen LogP contribution in [0.2, 0.25) is 5.02 Å². The molecular weight excluding hydrogens is 400 g/mol. The number of carboxylic acids is 1. The molecule has 0 bridgehead atoms. The van der Waals surface area contributed by atoms with Crippen molar-refractivity contribution in [3.8, 4) is 10.6 Å². The summed E-state index contributed by atoms with van der Waals surface area (Å²) in [5, 5.41) is 10.9. The second kappa shape index (κ2) is 8.89. The predicted octanol–water partition coefficient (Wildman–Crippen LogP) is 5.62. The molecule has 0 saturated carbocycles. The fourth-order valence-electron chi connectivity index (χ4n) is 2.57. The summed E-state index contributed by atoms with van der Waals surface area (Å²) >= 11 is 9.06. The second-order valence-electron chi connectivity index (χ2n) is 6.06. The number of carboxylic acid groups (broad SMARTS) is 1. The van der Waals surface area contributed by atoms with Crippen molar-refractivity contribution in [2.45, 2.75) is 25.2 Å². The zero-order valence-electron chi connectivity index (χ0n) is 15.0. The van der Waals surface area contributed by atoms with E-state index < -0.39 is 5.97 Å². The number of aromatic nitrogens is 1. The molecule has 7 heteroatoms. The molecule has 0 saturated heterocycles. The van der Waals surface area contributed by atoms with Crippen molar-refractivity contribution >= 4 is 40.9 Å². The van der Waals surface area contributed by atoms with Crippen LogP contribution in [0.1, 0.15) is 26.5 Å². The van der Waals surface area contributed by atoms with Gasteiger partial charge < -0.3 is 5.11 Å². The van der Waals surface area contributed by atoms with Crippen LogP contribution in [0.4, 0.5) is 0 Å². The maximum atomic E-state index is 11.2. The Morgan fingerprint density at radius 1 is 1.22 bits per heavy atom. The fourth-order valence-corrected chi connectivity index (χ4v) is 4.35. The number of carbonyl (C=O) groups is 1. The number of halogens is 1. The van der Waals surface area contributed by atoms with Gasteiger partial charge in [-0.05, 0) is 55.6 Å². The van der Waals surface area contributed by atoms with Crippen LogP contribution in [0, 0.1) is 13.8 Å². The highest BCUT2D eigenvalue weighted by Crippen LogP contribution is 2.29. The average Bonchev–Trinajstić information content (AvgIpc) is 3.01. The van der Waals surface area contributed by atoms with E-state index in [-0.39, 0.29) is 0 Å². The second-order valence-corrected chi connectivity index (χ2v) is 8.66. The molecule has 3 rings (SSSR count).